The van der Waals surface area contributed by atoms with Crippen LogP contribution in [-0.2, 0) is 13.1 Å². The predicted octanol–water partition coefficient (Wildman–Crippen LogP) is 3.35. The fraction of sp³-hybridized carbons (Fsp3) is 0.250. The number of methoxy groups -OCH3 is 2. The van der Waals surface area contributed by atoms with Gasteiger partial charge in [0.1, 0.15) is 17.2 Å². The van der Waals surface area contributed by atoms with Gasteiger partial charge in [-0.05, 0) is 12.1 Å². The zero-order valence-corrected chi connectivity index (χ0v) is 12.8. The second-order valence-electron chi connectivity index (χ2n) is 4.53. The van der Waals surface area contributed by atoms with Crippen LogP contribution in [0.3, 0.4) is 0 Å². The summed E-state index contributed by atoms with van der Waals surface area (Å²) in [5.41, 5.74) is 1.77. The number of hydrogen-bond donors (Lipinski definition) is 2. The SMILES string of the molecule is COc1ccc(CNCc2cccc(Cl)c2O)c(OC)c1. The van der Waals surface area contributed by atoms with Crippen LogP contribution in [0.4, 0.5) is 0 Å². The molecular formula is C16H18ClNO3. The zero-order chi connectivity index (χ0) is 15.2. The van der Waals surface area contributed by atoms with E-state index < -0.39 is 0 Å². The van der Waals surface area contributed by atoms with Gasteiger partial charge in [-0.2, -0.15) is 0 Å². The van der Waals surface area contributed by atoms with Crippen molar-refractivity contribution in [2.45, 2.75) is 13.1 Å². The van der Waals surface area contributed by atoms with Gasteiger partial charge in [0, 0.05) is 30.3 Å². The van der Waals surface area contributed by atoms with Crippen molar-refractivity contribution in [3.8, 4) is 17.2 Å². The summed E-state index contributed by atoms with van der Waals surface area (Å²) >= 11 is 5.88. The molecule has 0 radical (unpaired) electrons. The van der Waals surface area contributed by atoms with E-state index in [1.807, 2.05) is 30.3 Å². The van der Waals surface area contributed by atoms with Crippen LogP contribution in [-0.4, -0.2) is 19.3 Å². The highest BCUT2D eigenvalue weighted by molar-refractivity contribution is 6.32. The standard InChI is InChI=1S/C16H18ClNO3/c1-20-13-7-6-11(15(8-13)21-2)9-18-10-12-4-3-5-14(17)16(12)19/h3-8,18-19H,9-10H2,1-2H3. The Morgan fingerprint density at radius 2 is 1.81 bits per heavy atom. The first-order chi connectivity index (χ1) is 10.2. The van der Waals surface area contributed by atoms with Crippen LogP contribution in [0.5, 0.6) is 17.2 Å². The lowest BCUT2D eigenvalue weighted by Crippen LogP contribution is -2.13. The molecule has 2 rings (SSSR count). The first-order valence-corrected chi connectivity index (χ1v) is 6.91. The Bertz CT molecular complexity index is 616. The Hall–Kier alpha value is -1.91. The van der Waals surface area contributed by atoms with E-state index in [4.69, 9.17) is 21.1 Å². The van der Waals surface area contributed by atoms with Crippen LogP contribution in [0.2, 0.25) is 5.02 Å². The highest BCUT2D eigenvalue weighted by atomic mass is 35.5. The lowest BCUT2D eigenvalue weighted by Gasteiger charge is -2.12. The Morgan fingerprint density at radius 3 is 2.52 bits per heavy atom. The third-order valence-electron chi connectivity index (χ3n) is 3.20. The molecule has 0 unspecified atom stereocenters. The van der Waals surface area contributed by atoms with Crippen molar-refractivity contribution in [1.29, 1.82) is 0 Å². The van der Waals surface area contributed by atoms with E-state index in [9.17, 15) is 5.11 Å². The predicted molar refractivity (Wildman–Crippen MR) is 83.2 cm³/mol. The zero-order valence-electron chi connectivity index (χ0n) is 12.0. The molecule has 0 aliphatic heterocycles. The summed E-state index contributed by atoms with van der Waals surface area (Å²) in [4.78, 5) is 0. The second kappa shape index (κ2) is 7.20. The van der Waals surface area contributed by atoms with Gasteiger partial charge in [-0.3, -0.25) is 0 Å². The molecule has 0 saturated heterocycles. The minimum absolute atomic E-state index is 0.119. The average Bonchev–Trinajstić information content (AvgIpc) is 2.51. The molecule has 0 aliphatic carbocycles. The van der Waals surface area contributed by atoms with E-state index in [0.717, 1.165) is 22.6 Å². The van der Waals surface area contributed by atoms with Crippen molar-refractivity contribution in [3.63, 3.8) is 0 Å². The third-order valence-corrected chi connectivity index (χ3v) is 3.50. The van der Waals surface area contributed by atoms with E-state index in [1.165, 1.54) is 0 Å². The monoisotopic (exact) mass is 307 g/mol. The summed E-state index contributed by atoms with van der Waals surface area (Å²) in [5, 5.41) is 13.5. The van der Waals surface area contributed by atoms with Crippen molar-refractivity contribution in [3.05, 3.63) is 52.5 Å². The number of phenols is 1. The van der Waals surface area contributed by atoms with Crippen LogP contribution in [0.15, 0.2) is 36.4 Å². The molecule has 0 atom stereocenters. The van der Waals surface area contributed by atoms with Crippen LogP contribution >= 0.6 is 11.6 Å². The van der Waals surface area contributed by atoms with E-state index in [0.29, 0.717) is 18.1 Å². The highest BCUT2D eigenvalue weighted by Gasteiger charge is 2.07. The number of hydrogen-bond acceptors (Lipinski definition) is 4. The molecule has 0 aliphatic rings. The highest BCUT2D eigenvalue weighted by Crippen LogP contribution is 2.27. The Labute approximate surface area is 129 Å². The minimum Gasteiger partial charge on any atom is -0.506 e. The van der Waals surface area contributed by atoms with E-state index in [1.54, 1.807) is 20.3 Å². The minimum atomic E-state index is 0.119. The van der Waals surface area contributed by atoms with Crippen molar-refractivity contribution >= 4 is 11.6 Å². The first-order valence-electron chi connectivity index (χ1n) is 6.53. The molecule has 2 aromatic carbocycles. The van der Waals surface area contributed by atoms with Gasteiger partial charge in [0.05, 0.1) is 19.2 Å². The van der Waals surface area contributed by atoms with Crippen molar-refractivity contribution in [2.24, 2.45) is 0 Å². The summed E-state index contributed by atoms with van der Waals surface area (Å²) in [6.07, 6.45) is 0. The number of aromatic hydroxyl groups is 1. The molecule has 4 nitrogen and oxygen atoms in total. The van der Waals surface area contributed by atoms with Crippen molar-refractivity contribution in [2.75, 3.05) is 14.2 Å². The molecule has 0 aromatic heterocycles. The molecule has 0 amide bonds. The normalized spacial score (nSPS) is 10.4. The maximum absolute atomic E-state index is 9.85. The summed E-state index contributed by atoms with van der Waals surface area (Å²) in [6, 6.07) is 11.0. The Balaban J connectivity index is 2.02. The number of ether oxygens (including phenoxy) is 2. The molecule has 21 heavy (non-hydrogen) atoms. The van der Waals surface area contributed by atoms with Gasteiger partial charge in [0.15, 0.2) is 0 Å². The Kier molecular flexibility index (Phi) is 5.31. The smallest absolute Gasteiger partial charge is 0.138 e. The molecule has 2 N–H and O–H groups in total. The second-order valence-corrected chi connectivity index (χ2v) is 4.94. The van der Waals surface area contributed by atoms with E-state index >= 15 is 0 Å². The van der Waals surface area contributed by atoms with Gasteiger partial charge in [-0.1, -0.05) is 29.8 Å². The molecule has 0 heterocycles. The molecular weight excluding hydrogens is 290 g/mol. The Morgan fingerprint density at radius 1 is 1.05 bits per heavy atom. The summed E-state index contributed by atoms with van der Waals surface area (Å²) in [6.45, 7) is 1.13. The van der Waals surface area contributed by atoms with Gasteiger partial charge in [-0.15, -0.1) is 0 Å². The maximum Gasteiger partial charge on any atom is 0.138 e. The number of rotatable bonds is 6. The molecule has 0 spiro atoms. The van der Waals surface area contributed by atoms with E-state index in [-0.39, 0.29) is 5.75 Å². The van der Waals surface area contributed by atoms with Crippen molar-refractivity contribution in [1.82, 2.24) is 5.32 Å². The van der Waals surface area contributed by atoms with Crippen molar-refractivity contribution < 1.29 is 14.6 Å². The van der Waals surface area contributed by atoms with Crippen LogP contribution < -0.4 is 14.8 Å². The molecule has 0 saturated carbocycles. The van der Waals surface area contributed by atoms with Crippen LogP contribution in [0.25, 0.3) is 0 Å². The molecule has 112 valence electrons. The van der Waals surface area contributed by atoms with Gasteiger partial charge >= 0.3 is 0 Å². The molecule has 0 fully saturated rings. The summed E-state index contributed by atoms with van der Waals surface area (Å²) in [7, 11) is 3.25. The molecule has 2 aromatic rings. The lowest BCUT2D eigenvalue weighted by atomic mass is 10.1. The maximum atomic E-state index is 9.85. The van der Waals surface area contributed by atoms with Gasteiger partial charge in [-0.25, -0.2) is 0 Å². The number of nitrogens with one attached hydrogen (secondary N) is 1. The van der Waals surface area contributed by atoms with Crippen LogP contribution in [0.1, 0.15) is 11.1 Å². The first kappa shape index (κ1) is 15.5. The lowest BCUT2D eigenvalue weighted by molar-refractivity contribution is 0.389. The number of para-hydroxylation sites is 1. The largest absolute Gasteiger partial charge is 0.506 e. The number of benzene rings is 2. The summed E-state index contributed by atoms with van der Waals surface area (Å²) in [5.74, 6) is 1.63. The number of phenolic OH excluding ortho intramolecular Hbond substituents is 1. The molecule has 0 bridgehead atoms. The summed E-state index contributed by atoms with van der Waals surface area (Å²) < 4.78 is 10.5. The molecule has 5 heteroatoms. The van der Waals surface area contributed by atoms with Gasteiger partial charge in [0.2, 0.25) is 0 Å². The van der Waals surface area contributed by atoms with Crippen LogP contribution in [0, 0.1) is 0 Å². The van der Waals surface area contributed by atoms with E-state index in [2.05, 4.69) is 5.32 Å². The fourth-order valence-electron chi connectivity index (χ4n) is 2.03. The van der Waals surface area contributed by atoms with Gasteiger partial charge < -0.3 is 19.9 Å². The fourth-order valence-corrected chi connectivity index (χ4v) is 2.23. The third kappa shape index (κ3) is 3.80. The number of halogens is 1. The average molecular weight is 308 g/mol. The van der Waals surface area contributed by atoms with Gasteiger partial charge in [0.25, 0.3) is 0 Å². The topological polar surface area (TPSA) is 50.7 Å². The quantitative estimate of drug-likeness (QED) is 0.859.